The monoisotopic (exact) mass is 214 g/mol. The molecule has 76 valence electrons. The van der Waals surface area contributed by atoms with E-state index >= 15 is 0 Å². The second-order valence-electron chi connectivity index (χ2n) is 3.17. The lowest BCUT2D eigenvalue weighted by atomic mass is 10.0. The van der Waals surface area contributed by atoms with E-state index in [9.17, 15) is 9.18 Å². The van der Waals surface area contributed by atoms with Crippen LogP contribution < -0.4 is 0 Å². The summed E-state index contributed by atoms with van der Waals surface area (Å²) in [6.07, 6.45) is 1.02. The van der Waals surface area contributed by atoms with E-state index in [0.29, 0.717) is 24.3 Å². The van der Waals surface area contributed by atoms with Gasteiger partial charge in [-0.05, 0) is 31.0 Å². The van der Waals surface area contributed by atoms with Crippen molar-refractivity contribution >= 4 is 17.4 Å². The summed E-state index contributed by atoms with van der Waals surface area (Å²) in [6, 6.07) is 4.25. The van der Waals surface area contributed by atoms with Crippen LogP contribution in [0, 0.1) is 12.7 Å². The van der Waals surface area contributed by atoms with E-state index in [0.717, 1.165) is 5.56 Å². The highest BCUT2D eigenvalue weighted by Crippen LogP contribution is 2.13. The van der Waals surface area contributed by atoms with Crippen molar-refractivity contribution in [3.8, 4) is 0 Å². The number of hydrogen-bond donors (Lipinski definition) is 0. The first-order valence-electron chi connectivity index (χ1n) is 4.50. The maximum absolute atomic E-state index is 12.9. The largest absolute Gasteiger partial charge is 0.294 e. The van der Waals surface area contributed by atoms with E-state index < -0.39 is 0 Å². The topological polar surface area (TPSA) is 17.1 Å². The fraction of sp³-hybridized carbons (Fsp3) is 0.364. The standard InChI is InChI=1S/C11H12ClFO/c1-8-4-5-9(13)7-10(8)11(14)3-2-6-12/h4-5,7H,2-3,6H2,1H3. The second-order valence-corrected chi connectivity index (χ2v) is 3.55. The van der Waals surface area contributed by atoms with Crippen LogP contribution in [0.2, 0.25) is 0 Å². The van der Waals surface area contributed by atoms with Gasteiger partial charge < -0.3 is 0 Å². The molecule has 1 aromatic rings. The smallest absolute Gasteiger partial charge is 0.163 e. The van der Waals surface area contributed by atoms with E-state index in [2.05, 4.69) is 0 Å². The Labute approximate surface area is 87.9 Å². The summed E-state index contributed by atoms with van der Waals surface area (Å²) in [5, 5.41) is 0. The fourth-order valence-corrected chi connectivity index (χ4v) is 1.39. The van der Waals surface area contributed by atoms with E-state index in [4.69, 9.17) is 11.6 Å². The third kappa shape index (κ3) is 2.81. The van der Waals surface area contributed by atoms with Crippen LogP contribution in [0.3, 0.4) is 0 Å². The van der Waals surface area contributed by atoms with Crippen LogP contribution in [0.1, 0.15) is 28.8 Å². The van der Waals surface area contributed by atoms with Gasteiger partial charge in [0.15, 0.2) is 5.78 Å². The molecule has 0 bridgehead atoms. The highest BCUT2D eigenvalue weighted by atomic mass is 35.5. The van der Waals surface area contributed by atoms with E-state index in [-0.39, 0.29) is 11.6 Å². The minimum absolute atomic E-state index is 0.0392. The van der Waals surface area contributed by atoms with Gasteiger partial charge in [0, 0.05) is 17.9 Å². The van der Waals surface area contributed by atoms with Gasteiger partial charge in [0.25, 0.3) is 0 Å². The van der Waals surface area contributed by atoms with Crippen LogP contribution in [0.25, 0.3) is 0 Å². The Morgan fingerprint density at radius 3 is 2.86 bits per heavy atom. The Bertz CT molecular complexity index is 336. The highest BCUT2D eigenvalue weighted by Gasteiger charge is 2.09. The van der Waals surface area contributed by atoms with Crippen molar-refractivity contribution in [3.63, 3.8) is 0 Å². The zero-order valence-electron chi connectivity index (χ0n) is 8.02. The molecule has 0 amide bonds. The predicted octanol–water partition coefficient (Wildman–Crippen LogP) is 3.34. The number of alkyl halides is 1. The van der Waals surface area contributed by atoms with Crippen LogP contribution in [-0.4, -0.2) is 11.7 Å². The minimum atomic E-state index is -0.371. The maximum Gasteiger partial charge on any atom is 0.163 e. The molecule has 0 fully saturated rings. The molecule has 0 heterocycles. The molecule has 0 aliphatic carbocycles. The Balaban J connectivity index is 2.83. The highest BCUT2D eigenvalue weighted by molar-refractivity contribution is 6.18. The Hall–Kier alpha value is -0.890. The van der Waals surface area contributed by atoms with Crippen molar-refractivity contribution in [1.82, 2.24) is 0 Å². The van der Waals surface area contributed by atoms with E-state index in [1.165, 1.54) is 12.1 Å². The summed E-state index contributed by atoms with van der Waals surface area (Å²) in [7, 11) is 0. The van der Waals surface area contributed by atoms with Crippen molar-refractivity contribution in [2.45, 2.75) is 19.8 Å². The third-order valence-corrected chi connectivity index (χ3v) is 2.30. The van der Waals surface area contributed by atoms with Gasteiger partial charge in [0.2, 0.25) is 0 Å². The van der Waals surface area contributed by atoms with Crippen molar-refractivity contribution < 1.29 is 9.18 Å². The number of carbonyl (C=O) groups excluding carboxylic acids is 1. The molecule has 3 heteroatoms. The van der Waals surface area contributed by atoms with Crippen molar-refractivity contribution in [2.24, 2.45) is 0 Å². The minimum Gasteiger partial charge on any atom is -0.294 e. The summed E-state index contributed by atoms with van der Waals surface area (Å²) in [5.41, 5.74) is 1.28. The molecule has 1 aromatic carbocycles. The first-order chi connectivity index (χ1) is 6.65. The molecule has 14 heavy (non-hydrogen) atoms. The summed E-state index contributed by atoms with van der Waals surface area (Å²) < 4.78 is 12.9. The van der Waals surface area contributed by atoms with Gasteiger partial charge in [-0.25, -0.2) is 4.39 Å². The van der Waals surface area contributed by atoms with Gasteiger partial charge in [0.05, 0.1) is 0 Å². The number of hydrogen-bond acceptors (Lipinski definition) is 1. The fourth-order valence-electron chi connectivity index (χ4n) is 1.26. The zero-order valence-corrected chi connectivity index (χ0v) is 8.77. The molecular weight excluding hydrogens is 203 g/mol. The molecule has 1 rings (SSSR count). The Morgan fingerprint density at radius 2 is 2.21 bits per heavy atom. The van der Waals surface area contributed by atoms with Crippen molar-refractivity contribution in [1.29, 1.82) is 0 Å². The summed E-state index contributed by atoms with van der Waals surface area (Å²) in [5.74, 6) is 0.0487. The number of aryl methyl sites for hydroxylation is 1. The summed E-state index contributed by atoms with van der Waals surface area (Å²) in [6.45, 7) is 1.80. The first-order valence-corrected chi connectivity index (χ1v) is 5.04. The molecule has 0 atom stereocenters. The maximum atomic E-state index is 12.9. The van der Waals surface area contributed by atoms with Gasteiger partial charge in [-0.3, -0.25) is 4.79 Å². The molecular formula is C11H12ClFO. The second kappa shape index (κ2) is 5.11. The van der Waals surface area contributed by atoms with Crippen LogP contribution >= 0.6 is 11.6 Å². The quantitative estimate of drug-likeness (QED) is 0.555. The summed E-state index contributed by atoms with van der Waals surface area (Å²) in [4.78, 5) is 11.6. The Morgan fingerprint density at radius 1 is 1.50 bits per heavy atom. The molecule has 0 aliphatic rings. The molecule has 0 spiro atoms. The lowest BCUT2D eigenvalue weighted by molar-refractivity contribution is 0.0981. The van der Waals surface area contributed by atoms with E-state index in [1.807, 2.05) is 0 Å². The average Bonchev–Trinajstić information content (AvgIpc) is 2.18. The van der Waals surface area contributed by atoms with Gasteiger partial charge in [-0.1, -0.05) is 6.07 Å². The lowest BCUT2D eigenvalue weighted by Gasteiger charge is -2.03. The van der Waals surface area contributed by atoms with Crippen molar-refractivity contribution in [3.05, 3.63) is 35.1 Å². The molecule has 0 aromatic heterocycles. The van der Waals surface area contributed by atoms with Gasteiger partial charge >= 0.3 is 0 Å². The lowest BCUT2D eigenvalue weighted by Crippen LogP contribution is -2.02. The number of halogens is 2. The number of Topliss-reactive ketones (excluding diaryl/α,β-unsaturated/α-hetero) is 1. The van der Waals surface area contributed by atoms with Crippen LogP contribution in [0.5, 0.6) is 0 Å². The van der Waals surface area contributed by atoms with Gasteiger partial charge in [-0.15, -0.1) is 11.6 Å². The Kier molecular flexibility index (Phi) is 4.08. The molecule has 0 saturated carbocycles. The number of rotatable bonds is 4. The number of benzene rings is 1. The predicted molar refractivity (Wildman–Crippen MR) is 55.4 cm³/mol. The first kappa shape index (κ1) is 11.2. The van der Waals surface area contributed by atoms with Crippen LogP contribution in [0.15, 0.2) is 18.2 Å². The molecule has 0 radical (unpaired) electrons. The number of ketones is 1. The SMILES string of the molecule is Cc1ccc(F)cc1C(=O)CCCCl. The summed E-state index contributed by atoms with van der Waals surface area (Å²) >= 11 is 5.48. The third-order valence-electron chi connectivity index (χ3n) is 2.04. The zero-order chi connectivity index (χ0) is 10.6. The van der Waals surface area contributed by atoms with E-state index in [1.54, 1.807) is 13.0 Å². The van der Waals surface area contributed by atoms with Crippen LogP contribution in [0.4, 0.5) is 4.39 Å². The van der Waals surface area contributed by atoms with Gasteiger partial charge in [0.1, 0.15) is 5.82 Å². The average molecular weight is 215 g/mol. The normalized spacial score (nSPS) is 10.2. The molecule has 0 unspecified atom stereocenters. The van der Waals surface area contributed by atoms with Crippen LogP contribution in [-0.2, 0) is 0 Å². The number of carbonyl (C=O) groups is 1. The van der Waals surface area contributed by atoms with Gasteiger partial charge in [-0.2, -0.15) is 0 Å². The molecule has 1 nitrogen and oxygen atoms in total. The van der Waals surface area contributed by atoms with Crippen molar-refractivity contribution in [2.75, 3.05) is 5.88 Å². The molecule has 0 aliphatic heterocycles. The molecule has 0 saturated heterocycles. The molecule has 0 N–H and O–H groups in total.